The van der Waals surface area contributed by atoms with E-state index in [9.17, 15) is 14.3 Å². The van der Waals surface area contributed by atoms with Crippen molar-refractivity contribution in [3.05, 3.63) is 53.4 Å². The Balaban J connectivity index is 1.52. The quantitative estimate of drug-likeness (QED) is 0.760. The molecule has 134 valence electrons. The van der Waals surface area contributed by atoms with Crippen LogP contribution in [0.1, 0.15) is 11.6 Å². The standard InChI is InChI=1S/C18H17FN4O2S/c19-13-3-1-12(2-4-13)15(18(24)25)22-6-8-23(9-7-22)17-16-14(5-10-26-16)20-11-21-17/h1-5,10-11,15H,6-9H2,(H,24,25). The molecule has 1 aliphatic rings. The molecule has 8 heteroatoms. The predicted octanol–water partition coefficient (Wildman–Crippen LogP) is 2.78. The number of fused-ring (bicyclic) bond motifs is 1. The first kappa shape index (κ1) is 16.9. The Hall–Kier alpha value is -2.58. The van der Waals surface area contributed by atoms with E-state index in [4.69, 9.17) is 0 Å². The molecule has 0 saturated carbocycles. The maximum absolute atomic E-state index is 13.2. The normalized spacial score (nSPS) is 16.7. The van der Waals surface area contributed by atoms with Gasteiger partial charge in [-0.05, 0) is 29.1 Å². The topological polar surface area (TPSA) is 69.6 Å². The van der Waals surface area contributed by atoms with Crippen molar-refractivity contribution in [3.8, 4) is 0 Å². The molecule has 3 heterocycles. The van der Waals surface area contributed by atoms with Gasteiger partial charge in [0, 0.05) is 26.2 Å². The lowest BCUT2D eigenvalue weighted by molar-refractivity contribution is -0.143. The highest BCUT2D eigenvalue weighted by molar-refractivity contribution is 7.17. The van der Waals surface area contributed by atoms with Crippen LogP contribution in [0.5, 0.6) is 0 Å². The van der Waals surface area contributed by atoms with Gasteiger partial charge in [0.1, 0.15) is 24.0 Å². The lowest BCUT2D eigenvalue weighted by Gasteiger charge is -2.38. The minimum absolute atomic E-state index is 0.369. The number of aliphatic carboxylic acids is 1. The highest BCUT2D eigenvalue weighted by atomic mass is 32.1. The summed E-state index contributed by atoms with van der Waals surface area (Å²) in [5.41, 5.74) is 1.52. The van der Waals surface area contributed by atoms with Gasteiger partial charge < -0.3 is 10.0 Å². The Morgan fingerprint density at radius 3 is 2.54 bits per heavy atom. The largest absolute Gasteiger partial charge is 0.480 e. The molecule has 1 N–H and O–H groups in total. The van der Waals surface area contributed by atoms with Gasteiger partial charge in [0.2, 0.25) is 0 Å². The number of hydrogen-bond donors (Lipinski definition) is 1. The zero-order valence-corrected chi connectivity index (χ0v) is 14.7. The monoisotopic (exact) mass is 372 g/mol. The van der Waals surface area contributed by atoms with Crippen molar-refractivity contribution in [1.29, 1.82) is 0 Å². The SMILES string of the molecule is O=C(O)C(c1ccc(F)cc1)N1CCN(c2ncnc3ccsc23)CC1. The van der Waals surface area contributed by atoms with E-state index in [0.717, 1.165) is 16.0 Å². The second kappa shape index (κ2) is 6.97. The second-order valence-electron chi connectivity index (χ2n) is 6.15. The smallest absolute Gasteiger partial charge is 0.325 e. The highest BCUT2D eigenvalue weighted by Crippen LogP contribution is 2.30. The number of aromatic nitrogens is 2. The molecule has 1 atom stereocenters. The number of carbonyl (C=O) groups is 1. The van der Waals surface area contributed by atoms with Gasteiger partial charge in [-0.3, -0.25) is 9.69 Å². The third-order valence-corrected chi connectivity index (χ3v) is 5.52. The van der Waals surface area contributed by atoms with Crippen LogP contribution in [-0.4, -0.2) is 52.1 Å². The lowest BCUT2D eigenvalue weighted by Crippen LogP contribution is -2.49. The Bertz CT molecular complexity index is 922. The summed E-state index contributed by atoms with van der Waals surface area (Å²) in [6.45, 7) is 2.53. The highest BCUT2D eigenvalue weighted by Gasteiger charge is 2.31. The van der Waals surface area contributed by atoms with Crippen LogP contribution in [-0.2, 0) is 4.79 Å². The van der Waals surface area contributed by atoms with E-state index in [-0.39, 0.29) is 5.82 Å². The molecule has 1 aliphatic heterocycles. The van der Waals surface area contributed by atoms with E-state index in [0.29, 0.717) is 31.7 Å². The van der Waals surface area contributed by atoms with Crippen LogP contribution < -0.4 is 4.90 Å². The Kier molecular flexibility index (Phi) is 4.52. The molecular formula is C18H17FN4O2S. The molecule has 0 radical (unpaired) electrons. The number of halogens is 1. The van der Waals surface area contributed by atoms with Crippen molar-refractivity contribution in [2.45, 2.75) is 6.04 Å². The fourth-order valence-electron chi connectivity index (χ4n) is 3.35. The summed E-state index contributed by atoms with van der Waals surface area (Å²) in [6.07, 6.45) is 1.56. The van der Waals surface area contributed by atoms with E-state index in [1.54, 1.807) is 29.8 Å². The molecule has 3 aromatic rings. The maximum atomic E-state index is 13.2. The summed E-state index contributed by atoms with van der Waals surface area (Å²) in [6, 6.07) is 6.88. The summed E-state index contributed by atoms with van der Waals surface area (Å²) in [5, 5.41) is 11.7. The van der Waals surface area contributed by atoms with Gasteiger partial charge in [-0.15, -0.1) is 11.3 Å². The minimum atomic E-state index is -0.923. The maximum Gasteiger partial charge on any atom is 0.325 e. The molecule has 0 amide bonds. The number of carboxylic acids is 1. The fourth-order valence-corrected chi connectivity index (χ4v) is 4.21. The molecule has 1 saturated heterocycles. The van der Waals surface area contributed by atoms with Crippen LogP contribution >= 0.6 is 11.3 Å². The number of carboxylic acid groups (broad SMARTS) is 1. The molecule has 1 unspecified atom stereocenters. The molecule has 26 heavy (non-hydrogen) atoms. The van der Waals surface area contributed by atoms with Gasteiger partial charge >= 0.3 is 5.97 Å². The number of hydrogen-bond acceptors (Lipinski definition) is 6. The Morgan fingerprint density at radius 1 is 1.12 bits per heavy atom. The molecule has 2 aromatic heterocycles. The van der Waals surface area contributed by atoms with Gasteiger partial charge in [-0.2, -0.15) is 0 Å². The molecule has 0 bridgehead atoms. The number of thiophene rings is 1. The zero-order valence-electron chi connectivity index (χ0n) is 13.9. The van der Waals surface area contributed by atoms with E-state index in [1.807, 2.05) is 16.3 Å². The van der Waals surface area contributed by atoms with Crippen molar-refractivity contribution in [2.75, 3.05) is 31.1 Å². The van der Waals surface area contributed by atoms with Gasteiger partial charge in [0.25, 0.3) is 0 Å². The van der Waals surface area contributed by atoms with Crippen molar-refractivity contribution >= 4 is 33.3 Å². The van der Waals surface area contributed by atoms with Crippen molar-refractivity contribution in [1.82, 2.24) is 14.9 Å². The van der Waals surface area contributed by atoms with Crippen LogP contribution in [0.4, 0.5) is 10.2 Å². The van der Waals surface area contributed by atoms with Gasteiger partial charge in [0.15, 0.2) is 0 Å². The third-order valence-electron chi connectivity index (χ3n) is 4.62. The fraction of sp³-hybridized carbons (Fsp3) is 0.278. The molecular weight excluding hydrogens is 355 g/mol. The van der Waals surface area contributed by atoms with Gasteiger partial charge in [0.05, 0.1) is 10.2 Å². The summed E-state index contributed by atoms with van der Waals surface area (Å²) >= 11 is 1.61. The van der Waals surface area contributed by atoms with Crippen molar-refractivity contribution < 1.29 is 14.3 Å². The third kappa shape index (κ3) is 3.13. The first-order valence-electron chi connectivity index (χ1n) is 8.29. The predicted molar refractivity (Wildman–Crippen MR) is 98.0 cm³/mol. The first-order chi connectivity index (χ1) is 12.6. The van der Waals surface area contributed by atoms with Gasteiger partial charge in [-0.25, -0.2) is 14.4 Å². The van der Waals surface area contributed by atoms with E-state index >= 15 is 0 Å². The molecule has 1 fully saturated rings. The lowest BCUT2D eigenvalue weighted by atomic mass is 10.0. The number of benzene rings is 1. The Labute approximate surface area is 153 Å². The van der Waals surface area contributed by atoms with Crippen LogP contribution in [0.3, 0.4) is 0 Å². The summed E-state index contributed by atoms with van der Waals surface area (Å²) < 4.78 is 14.2. The minimum Gasteiger partial charge on any atom is -0.480 e. The number of anilines is 1. The molecule has 6 nitrogen and oxygen atoms in total. The summed E-state index contributed by atoms with van der Waals surface area (Å²) in [4.78, 5) is 24.6. The average molecular weight is 372 g/mol. The van der Waals surface area contributed by atoms with Gasteiger partial charge in [-0.1, -0.05) is 12.1 Å². The van der Waals surface area contributed by atoms with Crippen LogP contribution in [0.25, 0.3) is 10.2 Å². The second-order valence-corrected chi connectivity index (χ2v) is 7.06. The zero-order chi connectivity index (χ0) is 18.1. The molecule has 1 aromatic carbocycles. The van der Waals surface area contributed by atoms with Crippen LogP contribution in [0.2, 0.25) is 0 Å². The number of piperazine rings is 1. The number of nitrogens with zero attached hydrogens (tertiary/aromatic N) is 4. The van der Waals surface area contributed by atoms with E-state index < -0.39 is 12.0 Å². The summed E-state index contributed by atoms with van der Waals surface area (Å²) in [5.74, 6) is -0.391. The van der Waals surface area contributed by atoms with Crippen LogP contribution in [0.15, 0.2) is 42.0 Å². The van der Waals surface area contributed by atoms with Crippen molar-refractivity contribution in [2.24, 2.45) is 0 Å². The molecule has 4 rings (SSSR count). The average Bonchev–Trinajstić information content (AvgIpc) is 3.13. The molecule has 0 aliphatic carbocycles. The first-order valence-corrected chi connectivity index (χ1v) is 9.17. The Morgan fingerprint density at radius 2 is 1.85 bits per heavy atom. The van der Waals surface area contributed by atoms with E-state index in [2.05, 4.69) is 14.9 Å². The van der Waals surface area contributed by atoms with E-state index in [1.165, 1.54) is 12.1 Å². The van der Waals surface area contributed by atoms with Crippen LogP contribution in [0, 0.1) is 5.82 Å². The summed E-state index contributed by atoms with van der Waals surface area (Å²) in [7, 11) is 0. The molecule has 0 spiro atoms. The van der Waals surface area contributed by atoms with Crippen molar-refractivity contribution in [3.63, 3.8) is 0 Å². The number of rotatable bonds is 4.